The van der Waals surface area contributed by atoms with E-state index < -0.39 is 17.2 Å². The third kappa shape index (κ3) is 4.02. The first kappa shape index (κ1) is 22.4. The number of nitrogens with zero attached hydrogens (tertiary/aromatic N) is 4. The first-order valence-electron chi connectivity index (χ1n) is 11.3. The highest BCUT2D eigenvalue weighted by Gasteiger charge is 2.43. The normalized spacial score (nSPS) is 20.6. The zero-order valence-corrected chi connectivity index (χ0v) is 19.0. The fourth-order valence-electron chi connectivity index (χ4n) is 4.92. The van der Waals surface area contributed by atoms with Crippen molar-refractivity contribution < 1.29 is 13.6 Å². The molecule has 0 spiro atoms. The predicted octanol–water partition coefficient (Wildman–Crippen LogP) is 2.64. The highest BCUT2D eigenvalue weighted by atomic mass is 19.3. The summed E-state index contributed by atoms with van der Waals surface area (Å²) in [5.41, 5.74) is 1.59. The van der Waals surface area contributed by atoms with Crippen molar-refractivity contribution in [3.63, 3.8) is 0 Å². The number of amides is 1. The van der Waals surface area contributed by atoms with Crippen LogP contribution in [-0.2, 0) is 12.5 Å². The van der Waals surface area contributed by atoms with Crippen LogP contribution in [-0.4, -0.2) is 58.0 Å². The molecule has 3 aromatic rings. The molecule has 0 radical (unpaired) electrons. The van der Waals surface area contributed by atoms with Crippen molar-refractivity contribution in [1.29, 1.82) is 0 Å². The number of benzene rings is 1. The van der Waals surface area contributed by atoms with E-state index in [4.69, 9.17) is 0 Å². The Morgan fingerprint density at radius 2 is 2.00 bits per heavy atom. The Hall–Kier alpha value is -3.40. The van der Waals surface area contributed by atoms with Crippen LogP contribution in [0.2, 0.25) is 0 Å². The number of H-pyrrole nitrogens is 1. The van der Waals surface area contributed by atoms with Crippen LogP contribution in [0.5, 0.6) is 0 Å². The summed E-state index contributed by atoms with van der Waals surface area (Å²) in [6.07, 6.45) is 3.93. The Morgan fingerprint density at radius 1 is 1.21 bits per heavy atom. The van der Waals surface area contributed by atoms with Gasteiger partial charge in [-0.15, -0.1) is 0 Å². The molecular weight excluding hydrogens is 442 g/mol. The zero-order chi connectivity index (χ0) is 24.0. The Bertz CT molecular complexity index is 1290. The summed E-state index contributed by atoms with van der Waals surface area (Å²) < 4.78 is 27.3. The van der Waals surface area contributed by atoms with Gasteiger partial charge < -0.3 is 15.2 Å². The first-order chi connectivity index (χ1) is 16.2. The zero-order valence-electron chi connectivity index (χ0n) is 19.0. The van der Waals surface area contributed by atoms with Gasteiger partial charge in [-0.25, -0.2) is 9.97 Å². The molecule has 5 rings (SSSR count). The molecule has 8 nitrogen and oxygen atoms in total. The van der Waals surface area contributed by atoms with Gasteiger partial charge in [0.2, 0.25) is 0 Å². The average molecular weight is 469 g/mol. The molecule has 178 valence electrons. The van der Waals surface area contributed by atoms with Crippen LogP contribution in [0.4, 0.5) is 14.5 Å². The second kappa shape index (κ2) is 8.43. The molecule has 2 N–H and O–H groups in total. The van der Waals surface area contributed by atoms with Crippen molar-refractivity contribution in [3.05, 3.63) is 63.8 Å². The number of aromatic amines is 1. The number of alkyl halides is 2. The van der Waals surface area contributed by atoms with Crippen LogP contribution in [0.15, 0.2) is 41.3 Å². The van der Waals surface area contributed by atoms with E-state index in [9.17, 15) is 18.4 Å². The standard InChI is InChI=1S/C24H26F2N6O2/c1-24(25,26)21-23(34)30-18-11-14(3-5-16(18)29-21)13-31-9-10-32(20-8-7-19(20)31)15-4-6-17(28-12-15)22(33)27-2/h3-6,11-12,19-20H,7-10,13H2,1-2H3,(H,27,33)(H,30,34)/t19-,20+/m0/s1. The molecule has 0 bridgehead atoms. The first-order valence-corrected chi connectivity index (χ1v) is 11.3. The molecule has 3 heterocycles. The van der Waals surface area contributed by atoms with Gasteiger partial charge in [0.05, 0.1) is 22.9 Å². The second-order valence-corrected chi connectivity index (χ2v) is 9.01. The van der Waals surface area contributed by atoms with Crippen LogP contribution in [0.1, 0.15) is 41.5 Å². The molecule has 2 fully saturated rings. The maximum absolute atomic E-state index is 13.6. The van der Waals surface area contributed by atoms with Gasteiger partial charge in [0.15, 0.2) is 5.69 Å². The van der Waals surface area contributed by atoms with Crippen LogP contribution < -0.4 is 15.8 Å². The number of halogens is 2. The maximum atomic E-state index is 13.6. The molecule has 1 aliphatic heterocycles. The van der Waals surface area contributed by atoms with Crippen molar-refractivity contribution in [3.8, 4) is 0 Å². The van der Waals surface area contributed by atoms with E-state index in [0.717, 1.165) is 37.2 Å². The van der Waals surface area contributed by atoms with Crippen molar-refractivity contribution in [2.75, 3.05) is 25.0 Å². The number of hydrogen-bond donors (Lipinski definition) is 2. The number of piperazine rings is 1. The Balaban J connectivity index is 1.31. The summed E-state index contributed by atoms with van der Waals surface area (Å²) in [4.78, 5) is 39.4. The number of anilines is 1. The molecule has 2 aromatic heterocycles. The number of pyridine rings is 1. The van der Waals surface area contributed by atoms with Gasteiger partial charge in [0, 0.05) is 45.7 Å². The lowest BCUT2D eigenvalue weighted by atomic mass is 9.81. The van der Waals surface area contributed by atoms with E-state index in [2.05, 4.69) is 30.1 Å². The lowest BCUT2D eigenvalue weighted by Crippen LogP contribution is -2.64. The number of fused-ring (bicyclic) bond motifs is 2. The number of nitrogens with one attached hydrogen (secondary N) is 2. The number of aromatic nitrogens is 3. The summed E-state index contributed by atoms with van der Waals surface area (Å²) in [6, 6.07) is 9.85. The highest BCUT2D eigenvalue weighted by molar-refractivity contribution is 5.92. The van der Waals surface area contributed by atoms with E-state index in [1.165, 1.54) is 0 Å². The molecule has 2 atom stereocenters. The summed E-state index contributed by atoms with van der Waals surface area (Å²) in [5.74, 6) is -3.50. The van der Waals surface area contributed by atoms with Gasteiger partial charge in [0.1, 0.15) is 5.69 Å². The van der Waals surface area contributed by atoms with Crippen LogP contribution in [0.3, 0.4) is 0 Å². The number of carbonyl (C=O) groups is 1. The number of carbonyl (C=O) groups excluding carboxylic acids is 1. The van der Waals surface area contributed by atoms with Crippen molar-refractivity contribution >= 4 is 22.6 Å². The smallest absolute Gasteiger partial charge is 0.292 e. The van der Waals surface area contributed by atoms with Gasteiger partial charge in [-0.1, -0.05) is 6.07 Å². The topological polar surface area (TPSA) is 94.2 Å². The van der Waals surface area contributed by atoms with Gasteiger partial charge in [-0.05, 0) is 42.7 Å². The molecule has 1 aromatic carbocycles. The van der Waals surface area contributed by atoms with E-state index in [-0.39, 0.29) is 5.91 Å². The lowest BCUT2D eigenvalue weighted by molar-refractivity contribution is 0.0115. The molecule has 34 heavy (non-hydrogen) atoms. The SMILES string of the molecule is CNC(=O)c1ccc(N2CCN(Cc3ccc4nc(C(C)(F)F)c(=O)[nH]c4c3)[C@H]3CC[C@H]32)cn1. The summed E-state index contributed by atoms with van der Waals surface area (Å²) in [7, 11) is 1.58. The van der Waals surface area contributed by atoms with Crippen molar-refractivity contribution in [2.24, 2.45) is 0 Å². The quantitative estimate of drug-likeness (QED) is 0.598. The summed E-state index contributed by atoms with van der Waals surface area (Å²) in [6.45, 7) is 3.06. The van der Waals surface area contributed by atoms with E-state index in [1.807, 2.05) is 18.2 Å². The van der Waals surface area contributed by atoms with Crippen LogP contribution in [0.25, 0.3) is 11.0 Å². The Kier molecular flexibility index (Phi) is 5.55. The van der Waals surface area contributed by atoms with Gasteiger partial charge in [0.25, 0.3) is 17.4 Å². The minimum Gasteiger partial charge on any atom is -0.364 e. The molecule has 0 unspecified atom stereocenters. The van der Waals surface area contributed by atoms with E-state index in [0.29, 0.717) is 42.3 Å². The monoisotopic (exact) mass is 468 g/mol. The van der Waals surface area contributed by atoms with E-state index in [1.54, 1.807) is 25.4 Å². The fraction of sp³-hybridized carbons (Fsp3) is 0.417. The summed E-state index contributed by atoms with van der Waals surface area (Å²) >= 11 is 0. The predicted molar refractivity (Wildman–Crippen MR) is 124 cm³/mol. The Morgan fingerprint density at radius 3 is 2.65 bits per heavy atom. The molecule has 1 amide bonds. The molecule has 1 aliphatic carbocycles. The largest absolute Gasteiger partial charge is 0.364 e. The molecule has 1 saturated carbocycles. The van der Waals surface area contributed by atoms with Gasteiger partial charge >= 0.3 is 0 Å². The molecule has 10 heteroatoms. The van der Waals surface area contributed by atoms with Crippen molar-refractivity contribution in [2.45, 2.75) is 44.3 Å². The number of hydrogen-bond acceptors (Lipinski definition) is 6. The van der Waals surface area contributed by atoms with Crippen LogP contribution in [0, 0.1) is 0 Å². The van der Waals surface area contributed by atoms with Crippen molar-refractivity contribution in [1.82, 2.24) is 25.2 Å². The fourth-order valence-corrected chi connectivity index (χ4v) is 4.92. The molecule has 2 aliphatic rings. The molecular formula is C24H26F2N6O2. The average Bonchev–Trinajstić information content (AvgIpc) is 2.78. The van der Waals surface area contributed by atoms with Gasteiger partial charge in [-0.2, -0.15) is 8.78 Å². The second-order valence-electron chi connectivity index (χ2n) is 9.01. The maximum Gasteiger partial charge on any atom is 0.292 e. The highest BCUT2D eigenvalue weighted by Crippen LogP contribution is 2.37. The van der Waals surface area contributed by atoms with Crippen LogP contribution >= 0.6 is 0 Å². The molecule has 1 saturated heterocycles. The lowest BCUT2D eigenvalue weighted by Gasteiger charge is -2.54. The third-order valence-electron chi connectivity index (χ3n) is 6.80. The Labute approximate surface area is 195 Å². The minimum atomic E-state index is -3.29. The minimum absolute atomic E-state index is 0.204. The summed E-state index contributed by atoms with van der Waals surface area (Å²) in [5, 5.41) is 2.58. The van der Waals surface area contributed by atoms with Gasteiger partial charge in [-0.3, -0.25) is 14.5 Å². The number of rotatable bonds is 5. The third-order valence-corrected chi connectivity index (χ3v) is 6.80. The van der Waals surface area contributed by atoms with E-state index >= 15 is 0 Å².